The Balaban J connectivity index is 1.53. The van der Waals surface area contributed by atoms with Crippen LogP contribution in [-0.4, -0.2) is 26.6 Å². The highest BCUT2D eigenvalue weighted by Gasteiger charge is 2.35. The van der Waals surface area contributed by atoms with Crippen LogP contribution in [0.1, 0.15) is 22.6 Å². The van der Waals surface area contributed by atoms with Crippen molar-refractivity contribution in [2.45, 2.75) is 12.5 Å². The van der Waals surface area contributed by atoms with Crippen LogP contribution in [-0.2, 0) is 11.3 Å². The summed E-state index contributed by atoms with van der Waals surface area (Å²) >= 11 is 0. The first-order chi connectivity index (χ1) is 15.2. The normalized spacial score (nSPS) is 15.6. The molecule has 0 spiro atoms. The standard InChI is InChI=1S/C24H18FN5O/c25-18-8-11-20-21(14-18)28-24(31)22(20)23(17-4-2-1-3-5-17)27-19-9-6-16(7-10-19)15-30-13-12-26-29-30/h1-14,22H,15H2,(H,28,31). The minimum absolute atomic E-state index is 0.217. The van der Waals surface area contributed by atoms with Crippen molar-refractivity contribution in [2.24, 2.45) is 4.99 Å². The molecule has 0 radical (unpaired) electrons. The van der Waals surface area contributed by atoms with Crippen LogP contribution in [0.25, 0.3) is 0 Å². The maximum Gasteiger partial charge on any atom is 0.238 e. The third kappa shape index (κ3) is 3.85. The van der Waals surface area contributed by atoms with Gasteiger partial charge in [0.1, 0.15) is 11.7 Å². The van der Waals surface area contributed by atoms with E-state index in [0.29, 0.717) is 17.9 Å². The Morgan fingerprint density at radius 1 is 1.06 bits per heavy atom. The van der Waals surface area contributed by atoms with Crippen LogP contribution in [0.3, 0.4) is 0 Å². The number of aliphatic imine (C=N–C) groups is 1. The second kappa shape index (κ2) is 7.95. The van der Waals surface area contributed by atoms with Crippen molar-refractivity contribution >= 4 is 23.0 Å². The van der Waals surface area contributed by atoms with Crippen molar-refractivity contribution in [3.63, 3.8) is 0 Å². The first-order valence-electron chi connectivity index (χ1n) is 9.85. The van der Waals surface area contributed by atoms with Crippen molar-refractivity contribution in [3.05, 3.63) is 108 Å². The second-order valence-corrected chi connectivity index (χ2v) is 7.28. The molecule has 0 bridgehead atoms. The third-order valence-corrected chi connectivity index (χ3v) is 5.19. The van der Waals surface area contributed by atoms with E-state index in [2.05, 4.69) is 15.6 Å². The Morgan fingerprint density at radius 3 is 2.61 bits per heavy atom. The molecule has 31 heavy (non-hydrogen) atoms. The van der Waals surface area contributed by atoms with E-state index in [1.807, 2.05) is 54.6 Å². The predicted octanol–water partition coefficient (Wildman–Crippen LogP) is 4.32. The zero-order valence-electron chi connectivity index (χ0n) is 16.4. The molecule has 1 aliphatic rings. The summed E-state index contributed by atoms with van der Waals surface area (Å²) in [4.78, 5) is 17.7. The molecule has 1 N–H and O–H groups in total. The average Bonchev–Trinajstić information content (AvgIpc) is 3.40. The highest BCUT2D eigenvalue weighted by molar-refractivity contribution is 6.24. The lowest BCUT2D eigenvalue weighted by atomic mass is 9.90. The first-order valence-corrected chi connectivity index (χ1v) is 9.85. The van der Waals surface area contributed by atoms with Crippen molar-refractivity contribution in [1.29, 1.82) is 0 Å². The molecule has 0 fully saturated rings. The van der Waals surface area contributed by atoms with E-state index in [0.717, 1.165) is 22.4 Å². The number of anilines is 1. The van der Waals surface area contributed by atoms with Crippen LogP contribution in [0.2, 0.25) is 0 Å². The summed E-state index contributed by atoms with van der Waals surface area (Å²) in [6.07, 6.45) is 3.44. The van der Waals surface area contributed by atoms with Crippen LogP contribution in [0, 0.1) is 5.82 Å². The number of amides is 1. The minimum atomic E-state index is -0.618. The third-order valence-electron chi connectivity index (χ3n) is 5.19. The summed E-state index contributed by atoms with van der Waals surface area (Å²) in [5, 5.41) is 10.6. The van der Waals surface area contributed by atoms with Gasteiger partial charge in [-0.1, -0.05) is 53.7 Å². The first kappa shape index (κ1) is 18.9. The molecule has 152 valence electrons. The Kier molecular flexibility index (Phi) is 4.84. The van der Waals surface area contributed by atoms with E-state index in [4.69, 9.17) is 4.99 Å². The van der Waals surface area contributed by atoms with Crippen LogP contribution in [0.4, 0.5) is 15.8 Å². The van der Waals surface area contributed by atoms with E-state index in [-0.39, 0.29) is 11.7 Å². The number of aromatic nitrogens is 3. The highest BCUT2D eigenvalue weighted by atomic mass is 19.1. The molecule has 1 atom stereocenters. The fourth-order valence-electron chi connectivity index (χ4n) is 3.73. The number of carbonyl (C=O) groups is 1. The number of nitrogens with zero attached hydrogens (tertiary/aromatic N) is 4. The predicted molar refractivity (Wildman–Crippen MR) is 116 cm³/mol. The number of nitrogens with one attached hydrogen (secondary N) is 1. The molecular formula is C24H18FN5O. The van der Waals surface area contributed by atoms with Crippen molar-refractivity contribution < 1.29 is 9.18 Å². The number of carbonyl (C=O) groups excluding carboxylic acids is 1. The number of fused-ring (bicyclic) bond motifs is 1. The molecule has 0 aliphatic carbocycles. The quantitative estimate of drug-likeness (QED) is 0.497. The van der Waals surface area contributed by atoms with Gasteiger partial charge < -0.3 is 5.32 Å². The van der Waals surface area contributed by atoms with Crippen LogP contribution < -0.4 is 5.32 Å². The summed E-state index contributed by atoms with van der Waals surface area (Å²) in [7, 11) is 0. The molecule has 1 aromatic heterocycles. The number of rotatable bonds is 5. The van der Waals surface area contributed by atoms with Gasteiger partial charge in [0.15, 0.2) is 0 Å². The summed E-state index contributed by atoms with van der Waals surface area (Å²) in [6.45, 7) is 0.611. The minimum Gasteiger partial charge on any atom is -0.325 e. The summed E-state index contributed by atoms with van der Waals surface area (Å²) in [5.41, 5.74) is 4.45. The lowest BCUT2D eigenvalue weighted by Crippen LogP contribution is -2.21. The van der Waals surface area contributed by atoms with E-state index in [1.54, 1.807) is 23.1 Å². The second-order valence-electron chi connectivity index (χ2n) is 7.28. The molecular weight excluding hydrogens is 393 g/mol. The van der Waals surface area contributed by atoms with Crippen LogP contribution >= 0.6 is 0 Å². The molecule has 3 aromatic carbocycles. The Bertz CT molecular complexity index is 1250. The number of hydrogen-bond donors (Lipinski definition) is 1. The van der Waals surface area contributed by atoms with Gasteiger partial charge in [0.2, 0.25) is 5.91 Å². The van der Waals surface area contributed by atoms with Crippen LogP contribution in [0.15, 0.2) is 90.2 Å². The molecule has 1 unspecified atom stereocenters. The Labute approximate surface area is 178 Å². The zero-order valence-corrected chi connectivity index (χ0v) is 16.4. The topological polar surface area (TPSA) is 72.2 Å². The fraction of sp³-hybridized carbons (Fsp3) is 0.0833. The maximum atomic E-state index is 13.7. The average molecular weight is 411 g/mol. The molecule has 6 nitrogen and oxygen atoms in total. The van der Waals surface area contributed by atoms with Gasteiger partial charge in [-0.15, -0.1) is 5.10 Å². The van der Waals surface area contributed by atoms with Gasteiger partial charge in [-0.25, -0.2) is 9.07 Å². The summed E-state index contributed by atoms with van der Waals surface area (Å²) in [5.74, 6) is -1.22. The summed E-state index contributed by atoms with van der Waals surface area (Å²) < 4.78 is 15.4. The fourth-order valence-corrected chi connectivity index (χ4v) is 3.73. The van der Waals surface area contributed by atoms with Crippen molar-refractivity contribution in [2.75, 3.05) is 5.32 Å². The lowest BCUT2D eigenvalue weighted by molar-refractivity contribution is -0.115. The van der Waals surface area contributed by atoms with Crippen LogP contribution in [0.5, 0.6) is 0 Å². The van der Waals surface area contributed by atoms with Gasteiger partial charge in [0, 0.05) is 11.9 Å². The summed E-state index contributed by atoms with van der Waals surface area (Å²) in [6, 6.07) is 21.7. The number of benzene rings is 3. The lowest BCUT2D eigenvalue weighted by Gasteiger charge is -2.14. The molecule has 5 rings (SSSR count). The zero-order chi connectivity index (χ0) is 21.2. The van der Waals surface area contributed by atoms with Crippen molar-refractivity contribution in [1.82, 2.24) is 15.0 Å². The van der Waals surface area contributed by atoms with E-state index in [9.17, 15) is 9.18 Å². The van der Waals surface area contributed by atoms with E-state index in [1.165, 1.54) is 12.1 Å². The SMILES string of the molecule is O=C1Nc2cc(F)ccc2C1C(=Nc1ccc(Cn2ccnn2)cc1)c1ccccc1. The molecule has 0 saturated heterocycles. The van der Waals surface area contributed by atoms with E-state index < -0.39 is 5.92 Å². The molecule has 7 heteroatoms. The van der Waals surface area contributed by atoms with Gasteiger partial charge >= 0.3 is 0 Å². The monoisotopic (exact) mass is 411 g/mol. The van der Waals surface area contributed by atoms with Gasteiger partial charge in [-0.3, -0.25) is 9.79 Å². The number of hydrogen-bond acceptors (Lipinski definition) is 4. The maximum absolute atomic E-state index is 13.7. The van der Waals surface area contributed by atoms with Gasteiger partial charge in [0.25, 0.3) is 0 Å². The van der Waals surface area contributed by atoms with Crippen molar-refractivity contribution in [3.8, 4) is 0 Å². The van der Waals surface area contributed by atoms with Gasteiger partial charge in [0.05, 0.1) is 24.1 Å². The molecule has 4 aromatic rings. The number of halogens is 1. The highest BCUT2D eigenvalue weighted by Crippen LogP contribution is 2.36. The van der Waals surface area contributed by atoms with Gasteiger partial charge in [-0.05, 0) is 41.0 Å². The van der Waals surface area contributed by atoms with E-state index >= 15 is 0 Å². The molecule has 0 saturated carbocycles. The largest absolute Gasteiger partial charge is 0.325 e. The molecule has 1 aliphatic heterocycles. The molecule has 2 heterocycles. The Morgan fingerprint density at radius 2 is 1.87 bits per heavy atom. The molecule has 1 amide bonds. The Hall–Kier alpha value is -4.13. The van der Waals surface area contributed by atoms with Gasteiger partial charge in [-0.2, -0.15) is 0 Å². The smallest absolute Gasteiger partial charge is 0.238 e.